The number of nitrogens with zero attached hydrogens (tertiary/aromatic N) is 5. The summed E-state index contributed by atoms with van der Waals surface area (Å²) in [6.45, 7) is 6.07. The molecule has 0 radical (unpaired) electrons. The Kier molecular flexibility index (Phi) is 6.24. The van der Waals surface area contributed by atoms with Gasteiger partial charge in [0.1, 0.15) is 23.5 Å². The molecule has 35 heavy (non-hydrogen) atoms. The largest absolute Gasteiger partial charge is 0.390 e. The first-order valence-electron chi connectivity index (χ1n) is 11.6. The zero-order chi connectivity index (χ0) is 24.7. The maximum atomic E-state index is 11.8. The molecule has 2 fully saturated rings. The highest BCUT2D eigenvalue weighted by Crippen LogP contribution is 2.36. The van der Waals surface area contributed by atoms with Crippen molar-refractivity contribution in [2.75, 3.05) is 31.9 Å². The van der Waals surface area contributed by atoms with Gasteiger partial charge in [-0.25, -0.2) is 9.97 Å². The summed E-state index contributed by atoms with van der Waals surface area (Å²) in [5.74, 6) is 7.26. The van der Waals surface area contributed by atoms with Crippen LogP contribution in [0, 0.1) is 17.8 Å². The second kappa shape index (κ2) is 9.34. The van der Waals surface area contributed by atoms with Gasteiger partial charge in [0.05, 0.1) is 11.5 Å². The van der Waals surface area contributed by atoms with E-state index >= 15 is 0 Å². The van der Waals surface area contributed by atoms with Gasteiger partial charge in [-0.1, -0.05) is 36.2 Å². The maximum Gasteiger partial charge on any atom is 0.246 e. The Hall–Kier alpha value is -3.38. The molecule has 0 bridgehead atoms. The molecule has 0 aliphatic carbocycles. The Labute approximate surface area is 209 Å². The number of aliphatic hydroxyl groups excluding tert-OH is 1. The number of rotatable bonds is 3. The van der Waals surface area contributed by atoms with Crippen LogP contribution in [0.2, 0.25) is 5.02 Å². The highest BCUT2D eigenvalue weighted by atomic mass is 35.5. The summed E-state index contributed by atoms with van der Waals surface area (Å²) in [5, 5.41) is 12.0. The van der Waals surface area contributed by atoms with E-state index in [1.165, 1.54) is 12.4 Å². The van der Waals surface area contributed by atoms with Crippen molar-refractivity contribution in [3.63, 3.8) is 0 Å². The number of aliphatic hydroxyl groups is 1. The second-order valence-electron chi connectivity index (χ2n) is 9.08. The molecule has 2 aliphatic rings. The van der Waals surface area contributed by atoms with E-state index in [1.54, 1.807) is 4.90 Å². The minimum absolute atomic E-state index is 0.0410. The number of nitrogen functional groups attached to an aromatic ring is 1. The molecule has 3 aromatic rings. The van der Waals surface area contributed by atoms with Crippen LogP contribution in [0.15, 0.2) is 43.2 Å². The lowest BCUT2D eigenvalue weighted by Crippen LogP contribution is -2.61. The van der Waals surface area contributed by atoms with Gasteiger partial charge in [0.15, 0.2) is 0 Å². The van der Waals surface area contributed by atoms with Crippen molar-refractivity contribution in [1.82, 2.24) is 24.3 Å². The van der Waals surface area contributed by atoms with E-state index in [4.69, 9.17) is 17.3 Å². The summed E-state index contributed by atoms with van der Waals surface area (Å²) in [5.41, 5.74) is 9.65. The molecule has 2 aromatic heterocycles. The number of carbonyl (C=O) groups is 1. The quantitative estimate of drug-likeness (QED) is 0.431. The zero-order valence-electron chi connectivity index (χ0n) is 19.5. The van der Waals surface area contributed by atoms with Crippen LogP contribution >= 0.6 is 11.6 Å². The van der Waals surface area contributed by atoms with Gasteiger partial charge in [-0.15, -0.1) is 0 Å². The summed E-state index contributed by atoms with van der Waals surface area (Å²) < 4.78 is 1.96. The monoisotopic (exact) mass is 490 g/mol. The number of fused-ring (bicyclic) bond motifs is 1. The number of nitrogens with two attached hydrogens (primary N) is 1. The van der Waals surface area contributed by atoms with Gasteiger partial charge in [0.2, 0.25) is 5.91 Å². The first kappa shape index (κ1) is 23.4. The van der Waals surface area contributed by atoms with Gasteiger partial charge in [-0.3, -0.25) is 9.69 Å². The fourth-order valence-electron chi connectivity index (χ4n) is 5.04. The van der Waals surface area contributed by atoms with E-state index in [0.29, 0.717) is 23.9 Å². The number of amides is 1. The topological polar surface area (TPSA) is 101 Å². The lowest BCUT2D eigenvalue weighted by Gasteiger charge is -2.47. The molecule has 0 saturated carbocycles. The number of anilines is 1. The van der Waals surface area contributed by atoms with Crippen molar-refractivity contribution in [2.45, 2.75) is 18.6 Å². The van der Waals surface area contributed by atoms with Crippen LogP contribution in [0.1, 0.15) is 12.1 Å². The van der Waals surface area contributed by atoms with Crippen LogP contribution in [-0.4, -0.2) is 73.7 Å². The number of hydrogen-bond donors (Lipinski definition) is 2. The molecule has 5 rings (SSSR count). The van der Waals surface area contributed by atoms with Gasteiger partial charge in [0.25, 0.3) is 0 Å². The van der Waals surface area contributed by atoms with E-state index < -0.39 is 6.10 Å². The smallest absolute Gasteiger partial charge is 0.246 e. The fraction of sp³-hybridized carbons (Fsp3) is 0.346. The molecule has 0 spiro atoms. The Morgan fingerprint density at radius 1 is 1.26 bits per heavy atom. The molecule has 8 nitrogen and oxygen atoms in total. The van der Waals surface area contributed by atoms with Crippen molar-refractivity contribution in [3.8, 4) is 23.0 Å². The van der Waals surface area contributed by atoms with E-state index in [1.807, 2.05) is 35.9 Å². The summed E-state index contributed by atoms with van der Waals surface area (Å²) in [6.07, 6.45) is 2.93. The molecule has 9 heteroatoms. The standard InChI is InChI=1S/C26H27ClN6O2/c1-3-22(35)32-11-10-19(21(34)14-32)33-12-16(13-33)4-9-20-23(17-5-7-18(27)8-6-17)24-25(28)29-15-30-26(24)31(20)2/h3,5-8,15-16,19,21,34H,1,10-14H2,2H3,(H2,28,29,30)/t19-,21+/m1/s1. The van der Waals surface area contributed by atoms with Crippen LogP contribution in [0.3, 0.4) is 0 Å². The van der Waals surface area contributed by atoms with Crippen molar-refractivity contribution in [1.29, 1.82) is 0 Å². The number of β-amino-alcohol motifs (C(OH)–C–C–N with tert-alkyl or cyclic N) is 1. The Balaban J connectivity index is 1.37. The lowest BCUT2D eigenvalue weighted by atomic mass is 9.91. The van der Waals surface area contributed by atoms with Gasteiger partial charge >= 0.3 is 0 Å². The summed E-state index contributed by atoms with van der Waals surface area (Å²) in [7, 11) is 1.93. The molecule has 4 heterocycles. The molecular weight excluding hydrogens is 464 g/mol. The predicted octanol–water partition coefficient (Wildman–Crippen LogP) is 2.30. The highest BCUT2D eigenvalue weighted by Gasteiger charge is 2.38. The molecule has 3 N–H and O–H groups in total. The summed E-state index contributed by atoms with van der Waals surface area (Å²) >= 11 is 6.11. The third kappa shape index (κ3) is 4.27. The van der Waals surface area contributed by atoms with Gasteiger partial charge in [-0.05, 0) is 36.1 Å². The fourth-order valence-corrected chi connectivity index (χ4v) is 5.17. The molecule has 0 unspecified atom stereocenters. The molecule has 2 atom stereocenters. The SMILES string of the molecule is C=CC(=O)N1CC[C@@H](N2CC(C#Cc3c(-c4ccc(Cl)cc4)c4c(N)ncnc4n3C)C2)[C@@H](O)C1. The lowest BCUT2D eigenvalue weighted by molar-refractivity contribution is -0.132. The molecule has 1 aromatic carbocycles. The van der Waals surface area contributed by atoms with E-state index in [-0.39, 0.29) is 17.9 Å². The maximum absolute atomic E-state index is 11.8. The van der Waals surface area contributed by atoms with Crippen molar-refractivity contribution in [2.24, 2.45) is 13.0 Å². The van der Waals surface area contributed by atoms with Gasteiger partial charge < -0.3 is 20.3 Å². The first-order valence-corrected chi connectivity index (χ1v) is 11.9. The number of hydrogen-bond acceptors (Lipinski definition) is 6. The average molecular weight is 491 g/mol. The van der Waals surface area contributed by atoms with Crippen LogP contribution in [0.5, 0.6) is 0 Å². The average Bonchev–Trinajstić information content (AvgIpc) is 3.11. The van der Waals surface area contributed by atoms with Crippen LogP contribution in [0.25, 0.3) is 22.2 Å². The third-order valence-electron chi connectivity index (χ3n) is 6.94. The van der Waals surface area contributed by atoms with Crippen molar-refractivity contribution < 1.29 is 9.90 Å². The van der Waals surface area contributed by atoms with Crippen molar-refractivity contribution in [3.05, 3.63) is 54.0 Å². The summed E-state index contributed by atoms with van der Waals surface area (Å²) in [4.78, 5) is 24.4. The Morgan fingerprint density at radius 3 is 2.69 bits per heavy atom. The Morgan fingerprint density at radius 2 is 2.00 bits per heavy atom. The van der Waals surface area contributed by atoms with E-state index in [0.717, 1.165) is 47.4 Å². The summed E-state index contributed by atoms with van der Waals surface area (Å²) in [6, 6.07) is 7.63. The van der Waals surface area contributed by atoms with Crippen LogP contribution < -0.4 is 5.73 Å². The minimum Gasteiger partial charge on any atom is -0.390 e. The predicted molar refractivity (Wildman–Crippen MR) is 136 cm³/mol. The molecule has 2 saturated heterocycles. The first-order chi connectivity index (χ1) is 16.9. The second-order valence-corrected chi connectivity index (χ2v) is 9.52. The Bertz CT molecular complexity index is 1350. The minimum atomic E-state index is -0.571. The molecule has 1 amide bonds. The number of benzene rings is 1. The zero-order valence-corrected chi connectivity index (χ0v) is 20.2. The molecule has 2 aliphatic heterocycles. The number of likely N-dealkylation sites (tertiary alicyclic amines) is 2. The number of piperidine rings is 1. The van der Waals surface area contributed by atoms with E-state index in [2.05, 4.69) is 33.3 Å². The highest BCUT2D eigenvalue weighted by molar-refractivity contribution is 6.30. The number of carbonyl (C=O) groups excluding carboxylic acids is 1. The van der Waals surface area contributed by atoms with Crippen molar-refractivity contribution >= 4 is 34.4 Å². The third-order valence-corrected chi connectivity index (χ3v) is 7.19. The van der Waals surface area contributed by atoms with Gasteiger partial charge in [-0.2, -0.15) is 0 Å². The number of aryl methyl sites for hydroxylation is 1. The molecule has 180 valence electrons. The van der Waals surface area contributed by atoms with Crippen LogP contribution in [0.4, 0.5) is 5.82 Å². The number of halogens is 1. The van der Waals surface area contributed by atoms with E-state index in [9.17, 15) is 9.90 Å². The molecular formula is C26H27ClN6O2. The normalized spacial score (nSPS) is 20.8. The van der Waals surface area contributed by atoms with Crippen LogP contribution in [-0.2, 0) is 11.8 Å². The number of aromatic nitrogens is 3. The van der Waals surface area contributed by atoms with Gasteiger partial charge in [0, 0.05) is 55.8 Å².